The highest BCUT2D eigenvalue weighted by atomic mass is 19.1. The topological polar surface area (TPSA) is 62.5 Å². The van der Waals surface area contributed by atoms with E-state index in [0.29, 0.717) is 43.7 Å². The second-order valence-electron chi connectivity index (χ2n) is 7.17. The van der Waals surface area contributed by atoms with E-state index in [1.54, 1.807) is 19.1 Å². The Balaban J connectivity index is 1.75. The highest BCUT2D eigenvalue weighted by Crippen LogP contribution is 2.22. The van der Waals surface area contributed by atoms with Crippen molar-refractivity contribution in [1.29, 1.82) is 0 Å². The first kappa shape index (κ1) is 18.5. The molecule has 7 heteroatoms. The quantitative estimate of drug-likeness (QED) is 0.820. The molecule has 0 N–H and O–H groups in total. The van der Waals surface area contributed by atoms with Crippen LogP contribution in [0.4, 0.5) is 4.39 Å². The molecule has 0 aliphatic carbocycles. The van der Waals surface area contributed by atoms with Gasteiger partial charge in [-0.3, -0.25) is 9.69 Å². The molecule has 1 fully saturated rings. The Labute approximate surface area is 153 Å². The summed E-state index contributed by atoms with van der Waals surface area (Å²) in [6.45, 7) is 8.49. The van der Waals surface area contributed by atoms with Crippen LogP contribution in [0.3, 0.4) is 0 Å². The van der Waals surface area contributed by atoms with Gasteiger partial charge >= 0.3 is 0 Å². The molecule has 26 heavy (non-hydrogen) atoms. The Hall–Kier alpha value is -2.28. The van der Waals surface area contributed by atoms with Crippen LogP contribution in [0.5, 0.6) is 0 Å². The van der Waals surface area contributed by atoms with E-state index in [1.165, 1.54) is 12.1 Å². The first-order valence-corrected chi connectivity index (χ1v) is 8.98. The van der Waals surface area contributed by atoms with E-state index in [4.69, 9.17) is 4.52 Å². The van der Waals surface area contributed by atoms with E-state index in [0.717, 1.165) is 12.1 Å². The van der Waals surface area contributed by atoms with Crippen molar-refractivity contribution in [2.45, 2.75) is 46.3 Å². The minimum atomic E-state index is -0.266. The third kappa shape index (κ3) is 4.46. The first-order chi connectivity index (χ1) is 12.4. The third-order valence-corrected chi connectivity index (χ3v) is 4.78. The molecule has 1 aromatic heterocycles. The van der Waals surface area contributed by atoms with Crippen molar-refractivity contribution in [3.8, 4) is 0 Å². The maximum Gasteiger partial charge on any atom is 0.224 e. The molecule has 0 saturated carbocycles. The Bertz CT molecular complexity index is 744. The largest absolute Gasteiger partial charge is 0.340 e. The van der Waals surface area contributed by atoms with Crippen molar-refractivity contribution in [2.75, 3.05) is 13.1 Å². The summed E-state index contributed by atoms with van der Waals surface area (Å²) in [5.41, 5.74) is 0.938. The van der Waals surface area contributed by atoms with Crippen LogP contribution in [0.2, 0.25) is 0 Å². The summed E-state index contributed by atoms with van der Waals surface area (Å²) in [5.74, 6) is 1.35. The Kier molecular flexibility index (Phi) is 5.66. The monoisotopic (exact) mass is 360 g/mol. The SMILES string of the molecule is Cc1nc(CN2CCC(=O)N(Cc3ccc(F)cc3)C(C(C)C)C2)no1. The number of hydrogen-bond acceptors (Lipinski definition) is 5. The van der Waals surface area contributed by atoms with Gasteiger partial charge in [0.25, 0.3) is 0 Å². The maximum absolute atomic E-state index is 13.2. The van der Waals surface area contributed by atoms with Gasteiger partial charge in [0, 0.05) is 39.0 Å². The zero-order valence-corrected chi connectivity index (χ0v) is 15.5. The van der Waals surface area contributed by atoms with E-state index in [2.05, 4.69) is 28.9 Å². The molecular formula is C19H25FN4O2. The molecule has 0 bridgehead atoms. The normalized spacial score (nSPS) is 19.2. The van der Waals surface area contributed by atoms with Crippen LogP contribution in [-0.4, -0.2) is 45.0 Å². The second kappa shape index (κ2) is 7.95. The van der Waals surface area contributed by atoms with Crippen molar-refractivity contribution in [2.24, 2.45) is 5.92 Å². The molecule has 0 radical (unpaired) electrons. The Morgan fingerprint density at radius 1 is 1.27 bits per heavy atom. The lowest BCUT2D eigenvalue weighted by Gasteiger charge is -2.34. The van der Waals surface area contributed by atoms with Crippen molar-refractivity contribution < 1.29 is 13.7 Å². The van der Waals surface area contributed by atoms with Gasteiger partial charge in [0.2, 0.25) is 11.8 Å². The summed E-state index contributed by atoms with van der Waals surface area (Å²) in [5, 5.41) is 3.96. The molecule has 2 aromatic rings. The number of amides is 1. The van der Waals surface area contributed by atoms with Crippen LogP contribution < -0.4 is 0 Å². The lowest BCUT2D eigenvalue weighted by atomic mass is 10.0. The summed E-state index contributed by atoms with van der Waals surface area (Å²) >= 11 is 0. The molecule has 1 atom stereocenters. The summed E-state index contributed by atoms with van der Waals surface area (Å²) in [6, 6.07) is 6.43. The van der Waals surface area contributed by atoms with Crippen LogP contribution in [0, 0.1) is 18.7 Å². The van der Waals surface area contributed by atoms with Crippen molar-refractivity contribution in [3.63, 3.8) is 0 Å². The van der Waals surface area contributed by atoms with Crippen molar-refractivity contribution in [1.82, 2.24) is 19.9 Å². The van der Waals surface area contributed by atoms with Gasteiger partial charge < -0.3 is 9.42 Å². The highest BCUT2D eigenvalue weighted by Gasteiger charge is 2.32. The van der Waals surface area contributed by atoms with E-state index < -0.39 is 0 Å². The number of nitrogens with zero attached hydrogens (tertiary/aromatic N) is 4. The van der Waals surface area contributed by atoms with Gasteiger partial charge in [0.1, 0.15) is 5.82 Å². The fourth-order valence-electron chi connectivity index (χ4n) is 3.35. The van der Waals surface area contributed by atoms with E-state index in [-0.39, 0.29) is 17.8 Å². The molecular weight excluding hydrogens is 335 g/mol. The minimum Gasteiger partial charge on any atom is -0.340 e. The number of rotatable bonds is 5. The van der Waals surface area contributed by atoms with Crippen LogP contribution in [0.1, 0.15) is 37.5 Å². The van der Waals surface area contributed by atoms with Gasteiger partial charge in [0.15, 0.2) is 5.82 Å². The third-order valence-electron chi connectivity index (χ3n) is 4.78. The van der Waals surface area contributed by atoms with E-state index >= 15 is 0 Å². The lowest BCUT2D eigenvalue weighted by molar-refractivity contribution is -0.134. The van der Waals surface area contributed by atoms with Crippen molar-refractivity contribution in [3.05, 3.63) is 47.4 Å². The fourth-order valence-corrected chi connectivity index (χ4v) is 3.35. The molecule has 6 nitrogen and oxygen atoms in total. The number of aromatic nitrogens is 2. The molecule has 140 valence electrons. The van der Waals surface area contributed by atoms with E-state index in [9.17, 15) is 9.18 Å². The summed E-state index contributed by atoms with van der Waals surface area (Å²) in [6.07, 6.45) is 0.446. The lowest BCUT2D eigenvalue weighted by Crippen LogP contribution is -2.45. The summed E-state index contributed by atoms with van der Waals surface area (Å²) < 4.78 is 18.2. The summed E-state index contributed by atoms with van der Waals surface area (Å²) in [7, 11) is 0. The number of benzene rings is 1. The standard InChI is InChI=1S/C19H25FN4O2/c1-13(2)17-11-23(12-18-21-14(3)26-22-18)9-8-19(25)24(17)10-15-4-6-16(20)7-5-15/h4-7,13,17H,8-12H2,1-3H3. The van der Waals surface area contributed by atoms with Gasteiger partial charge in [0.05, 0.1) is 6.54 Å². The second-order valence-corrected chi connectivity index (χ2v) is 7.17. The average Bonchev–Trinajstić information content (AvgIpc) is 2.94. The van der Waals surface area contributed by atoms with Gasteiger partial charge in [-0.15, -0.1) is 0 Å². The minimum absolute atomic E-state index is 0.0723. The number of carbonyl (C=O) groups excluding carboxylic acids is 1. The van der Waals surface area contributed by atoms with Gasteiger partial charge in [-0.05, 0) is 23.6 Å². The molecule has 1 aromatic carbocycles. The van der Waals surface area contributed by atoms with Crippen LogP contribution >= 0.6 is 0 Å². The molecule has 1 unspecified atom stereocenters. The molecule has 3 rings (SSSR count). The molecule has 2 heterocycles. The number of hydrogen-bond donors (Lipinski definition) is 0. The molecule has 1 saturated heterocycles. The zero-order valence-electron chi connectivity index (χ0n) is 15.5. The average molecular weight is 360 g/mol. The highest BCUT2D eigenvalue weighted by molar-refractivity contribution is 5.77. The summed E-state index contributed by atoms with van der Waals surface area (Å²) in [4.78, 5) is 21.2. The maximum atomic E-state index is 13.2. The number of aryl methyl sites for hydroxylation is 1. The zero-order chi connectivity index (χ0) is 18.7. The van der Waals surface area contributed by atoms with Crippen LogP contribution in [0.15, 0.2) is 28.8 Å². The fraction of sp³-hybridized carbons (Fsp3) is 0.526. The van der Waals surface area contributed by atoms with Gasteiger partial charge in [-0.2, -0.15) is 4.98 Å². The number of halogens is 1. The molecule has 1 aliphatic rings. The van der Waals surface area contributed by atoms with Crippen LogP contribution in [0.25, 0.3) is 0 Å². The Morgan fingerprint density at radius 2 is 2.00 bits per heavy atom. The smallest absolute Gasteiger partial charge is 0.224 e. The predicted molar refractivity (Wildman–Crippen MR) is 94.5 cm³/mol. The van der Waals surface area contributed by atoms with E-state index in [1.807, 2.05) is 4.90 Å². The van der Waals surface area contributed by atoms with Crippen LogP contribution in [-0.2, 0) is 17.9 Å². The van der Waals surface area contributed by atoms with Gasteiger partial charge in [-0.25, -0.2) is 4.39 Å². The predicted octanol–water partition coefficient (Wildman–Crippen LogP) is 2.78. The first-order valence-electron chi connectivity index (χ1n) is 8.98. The molecule has 1 amide bonds. The van der Waals surface area contributed by atoms with Crippen molar-refractivity contribution >= 4 is 5.91 Å². The molecule has 1 aliphatic heterocycles. The Morgan fingerprint density at radius 3 is 2.62 bits per heavy atom. The molecule has 0 spiro atoms. The van der Waals surface area contributed by atoms with Gasteiger partial charge in [-0.1, -0.05) is 31.1 Å². The number of carbonyl (C=O) groups is 1.